The Morgan fingerprint density at radius 3 is 2.27 bits per heavy atom. The predicted molar refractivity (Wildman–Crippen MR) is 128 cm³/mol. The highest BCUT2D eigenvalue weighted by molar-refractivity contribution is 9.08. The molecule has 0 spiro atoms. The van der Waals surface area contributed by atoms with Crippen molar-refractivity contribution in [3.63, 3.8) is 0 Å². The van der Waals surface area contributed by atoms with Gasteiger partial charge in [-0.3, -0.25) is 0 Å². The maximum absolute atomic E-state index is 13.0. The Balaban J connectivity index is 1.42. The van der Waals surface area contributed by atoms with Gasteiger partial charge in [-0.05, 0) is 42.5 Å². The molecule has 1 aromatic heterocycles. The first-order valence-corrected chi connectivity index (χ1v) is 13.7. The van der Waals surface area contributed by atoms with Gasteiger partial charge in [0, 0.05) is 29.4 Å². The van der Waals surface area contributed by atoms with E-state index >= 15 is 0 Å². The first kappa shape index (κ1) is 21.5. The number of aromatic nitrogens is 1. The van der Waals surface area contributed by atoms with Gasteiger partial charge in [0.05, 0.1) is 15.8 Å². The van der Waals surface area contributed by atoms with Gasteiger partial charge in [0.1, 0.15) is 0 Å². The lowest BCUT2D eigenvalue weighted by molar-refractivity contribution is 0.529. The molecule has 158 valence electrons. The molecule has 1 fully saturated rings. The Morgan fingerprint density at radius 1 is 1.03 bits per heavy atom. The van der Waals surface area contributed by atoms with E-state index in [-0.39, 0.29) is 5.25 Å². The van der Waals surface area contributed by atoms with Crippen LogP contribution in [-0.2, 0) is 21.6 Å². The van der Waals surface area contributed by atoms with Gasteiger partial charge in [0.2, 0.25) is 0 Å². The van der Waals surface area contributed by atoms with E-state index in [1.807, 2.05) is 12.1 Å². The fourth-order valence-corrected chi connectivity index (χ4v) is 6.77. The number of piperidine rings is 1. The van der Waals surface area contributed by atoms with E-state index in [4.69, 9.17) is 4.98 Å². The molecule has 0 radical (unpaired) electrons. The molecule has 7 heteroatoms. The Hall–Kier alpha value is -1.70. The molecule has 3 aromatic rings. The summed E-state index contributed by atoms with van der Waals surface area (Å²) < 4.78 is 26.1. The smallest absolute Gasteiger partial charge is 0.185 e. The van der Waals surface area contributed by atoms with Crippen molar-refractivity contribution in [2.75, 3.05) is 18.0 Å². The van der Waals surface area contributed by atoms with Gasteiger partial charge in [0.15, 0.2) is 15.0 Å². The van der Waals surface area contributed by atoms with Gasteiger partial charge in [-0.15, -0.1) is 11.3 Å². The molecule has 0 bridgehead atoms. The third-order valence-electron chi connectivity index (χ3n) is 5.71. The van der Waals surface area contributed by atoms with Crippen LogP contribution in [0.15, 0.2) is 58.8 Å². The third kappa shape index (κ3) is 4.48. The minimum absolute atomic E-state index is 0.329. The Kier molecular flexibility index (Phi) is 6.60. The van der Waals surface area contributed by atoms with Crippen molar-refractivity contribution in [3.05, 3.63) is 65.0 Å². The molecular weight excluding hydrogens is 480 g/mol. The zero-order valence-electron chi connectivity index (χ0n) is 16.9. The van der Waals surface area contributed by atoms with Gasteiger partial charge in [-0.1, -0.05) is 59.3 Å². The fourth-order valence-electron chi connectivity index (χ4n) is 3.77. The Labute approximate surface area is 191 Å². The lowest BCUT2D eigenvalue weighted by Gasteiger charge is -2.31. The van der Waals surface area contributed by atoms with Crippen LogP contribution in [-0.4, -0.2) is 31.7 Å². The van der Waals surface area contributed by atoms with Gasteiger partial charge in [0.25, 0.3) is 0 Å². The Morgan fingerprint density at radius 2 is 1.67 bits per heavy atom. The lowest BCUT2D eigenvalue weighted by Crippen LogP contribution is -2.39. The van der Waals surface area contributed by atoms with E-state index in [0.717, 1.165) is 33.7 Å². The molecule has 2 heterocycles. The predicted octanol–water partition coefficient (Wildman–Crippen LogP) is 5.71. The van der Waals surface area contributed by atoms with Gasteiger partial charge in [-0.25, -0.2) is 13.4 Å². The molecule has 4 rings (SSSR count). The summed E-state index contributed by atoms with van der Waals surface area (Å²) in [5.74, 6) is 0. The SMILES string of the molecule is CCc1ccc(-c2csc(N3CCC(S(=O)(=O)c4ccc(CBr)cc4)CC3)n2)cc1. The van der Waals surface area contributed by atoms with Crippen molar-refractivity contribution < 1.29 is 8.42 Å². The average molecular weight is 506 g/mol. The summed E-state index contributed by atoms with van der Waals surface area (Å²) in [5.41, 5.74) is 4.50. The monoisotopic (exact) mass is 504 g/mol. The van der Waals surface area contributed by atoms with Crippen molar-refractivity contribution in [1.29, 1.82) is 0 Å². The lowest BCUT2D eigenvalue weighted by atomic mass is 10.1. The third-order valence-corrected chi connectivity index (χ3v) is 9.53. The van der Waals surface area contributed by atoms with Crippen molar-refractivity contribution >= 4 is 42.2 Å². The highest BCUT2D eigenvalue weighted by Gasteiger charge is 2.32. The number of thiazole rings is 1. The van der Waals surface area contributed by atoms with E-state index < -0.39 is 9.84 Å². The maximum atomic E-state index is 13.0. The molecule has 1 saturated heterocycles. The normalized spacial score (nSPS) is 15.5. The molecule has 0 N–H and O–H groups in total. The summed E-state index contributed by atoms with van der Waals surface area (Å²) in [4.78, 5) is 7.46. The van der Waals surface area contributed by atoms with Crippen molar-refractivity contribution in [2.45, 2.75) is 41.7 Å². The van der Waals surface area contributed by atoms with Crippen LogP contribution in [0, 0.1) is 0 Å². The van der Waals surface area contributed by atoms with Gasteiger partial charge >= 0.3 is 0 Å². The summed E-state index contributed by atoms with van der Waals surface area (Å²) in [6, 6.07) is 15.8. The second-order valence-corrected chi connectivity index (χ2v) is 11.2. The summed E-state index contributed by atoms with van der Waals surface area (Å²) in [6.07, 6.45) is 2.28. The number of halogens is 1. The quantitative estimate of drug-likeness (QED) is 0.403. The average Bonchev–Trinajstić information content (AvgIpc) is 3.29. The zero-order chi connectivity index (χ0) is 21.1. The van der Waals surface area contributed by atoms with Crippen LogP contribution in [0.2, 0.25) is 0 Å². The molecule has 1 aliphatic rings. The molecular formula is C23H25BrN2O2S2. The van der Waals surface area contributed by atoms with Crippen LogP contribution in [0.4, 0.5) is 5.13 Å². The number of alkyl halides is 1. The summed E-state index contributed by atoms with van der Waals surface area (Å²) >= 11 is 5.03. The van der Waals surface area contributed by atoms with E-state index in [9.17, 15) is 8.42 Å². The standard InChI is InChI=1S/C23H25BrN2O2S2/c1-2-17-3-7-19(8-4-17)22-16-29-23(25-22)26-13-11-21(12-14-26)30(27,28)20-9-5-18(15-24)6-10-20/h3-10,16,21H,2,11-15H2,1H3. The molecule has 0 aliphatic carbocycles. The molecule has 4 nitrogen and oxygen atoms in total. The summed E-state index contributed by atoms with van der Waals surface area (Å²) in [6.45, 7) is 3.58. The highest BCUT2D eigenvalue weighted by Crippen LogP contribution is 2.32. The molecule has 1 aliphatic heterocycles. The van der Waals surface area contributed by atoms with Crippen LogP contribution < -0.4 is 4.90 Å². The number of rotatable bonds is 6. The van der Waals surface area contributed by atoms with Gasteiger partial charge < -0.3 is 4.90 Å². The van der Waals surface area contributed by atoms with Crippen LogP contribution in [0.3, 0.4) is 0 Å². The molecule has 0 saturated carbocycles. The number of benzene rings is 2. The molecule has 30 heavy (non-hydrogen) atoms. The topological polar surface area (TPSA) is 50.3 Å². The molecule has 0 amide bonds. The van der Waals surface area contributed by atoms with Crippen molar-refractivity contribution in [1.82, 2.24) is 4.98 Å². The second kappa shape index (κ2) is 9.20. The number of hydrogen-bond acceptors (Lipinski definition) is 5. The van der Waals surface area contributed by atoms with Crippen LogP contribution in [0.1, 0.15) is 30.9 Å². The number of nitrogens with zero attached hydrogens (tertiary/aromatic N) is 2. The van der Waals surface area contributed by atoms with E-state index in [1.54, 1.807) is 23.5 Å². The minimum Gasteiger partial charge on any atom is -0.348 e. The van der Waals surface area contributed by atoms with Gasteiger partial charge in [-0.2, -0.15) is 0 Å². The number of anilines is 1. The van der Waals surface area contributed by atoms with E-state index in [2.05, 4.69) is 57.4 Å². The van der Waals surface area contributed by atoms with E-state index in [1.165, 1.54) is 5.56 Å². The van der Waals surface area contributed by atoms with Crippen molar-refractivity contribution in [2.24, 2.45) is 0 Å². The summed E-state index contributed by atoms with van der Waals surface area (Å²) in [5, 5.41) is 3.46. The molecule has 0 unspecified atom stereocenters. The fraction of sp³-hybridized carbons (Fsp3) is 0.348. The van der Waals surface area contributed by atoms with Crippen molar-refractivity contribution in [3.8, 4) is 11.3 Å². The first-order valence-electron chi connectivity index (χ1n) is 10.2. The largest absolute Gasteiger partial charge is 0.348 e. The zero-order valence-corrected chi connectivity index (χ0v) is 20.1. The minimum atomic E-state index is -3.30. The Bertz CT molecular complexity index is 1080. The first-order chi connectivity index (χ1) is 14.5. The van der Waals surface area contributed by atoms with Crippen LogP contribution in [0.25, 0.3) is 11.3 Å². The van der Waals surface area contributed by atoms with Crippen LogP contribution in [0.5, 0.6) is 0 Å². The maximum Gasteiger partial charge on any atom is 0.185 e. The van der Waals surface area contributed by atoms with E-state index in [0.29, 0.717) is 30.8 Å². The molecule has 2 aromatic carbocycles. The molecule has 0 atom stereocenters. The number of sulfone groups is 1. The van der Waals surface area contributed by atoms with Crippen LogP contribution >= 0.6 is 27.3 Å². The highest BCUT2D eigenvalue weighted by atomic mass is 79.9. The summed E-state index contributed by atoms with van der Waals surface area (Å²) in [7, 11) is -3.30. The number of aryl methyl sites for hydroxylation is 1. The number of hydrogen-bond donors (Lipinski definition) is 0. The second-order valence-electron chi connectivity index (χ2n) is 7.57.